The summed E-state index contributed by atoms with van der Waals surface area (Å²) in [5, 5.41) is 0. The number of nitrogens with zero attached hydrogens (tertiary/aromatic N) is 2. The highest BCUT2D eigenvalue weighted by molar-refractivity contribution is 5.95. The minimum absolute atomic E-state index is 0.0454. The Bertz CT molecular complexity index is 981. The lowest BCUT2D eigenvalue weighted by Gasteiger charge is -2.41. The third-order valence-corrected chi connectivity index (χ3v) is 6.21. The third-order valence-electron chi connectivity index (χ3n) is 6.21. The van der Waals surface area contributed by atoms with Crippen LogP contribution in [0.1, 0.15) is 49.0 Å². The molecule has 1 aliphatic heterocycles. The molecule has 1 saturated heterocycles. The highest BCUT2D eigenvalue weighted by atomic mass is 16.6. The lowest BCUT2D eigenvalue weighted by Crippen LogP contribution is -2.54. The van der Waals surface area contributed by atoms with Crippen LogP contribution in [0.15, 0.2) is 48.5 Å². The Balaban J connectivity index is 1.69. The molecule has 0 N–H and O–H groups in total. The largest absolute Gasteiger partial charge is 0.493 e. The molecular formula is C28H38N2O6. The van der Waals surface area contributed by atoms with Crippen LogP contribution in [0.4, 0.5) is 4.79 Å². The van der Waals surface area contributed by atoms with Crippen molar-refractivity contribution in [3.63, 3.8) is 0 Å². The van der Waals surface area contributed by atoms with Crippen molar-refractivity contribution in [2.24, 2.45) is 0 Å². The number of hydrogen-bond donors (Lipinski definition) is 0. The van der Waals surface area contributed by atoms with Crippen LogP contribution < -0.4 is 9.47 Å². The van der Waals surface area contributed by atoms with Crippen LogP contribution in [0.5, 0.6) is 11.5 Å². The fourth-order valence-corrected chi connectivity index (χ4v) is 4.44. The molecule has 1 aliphatic rings. The first-order valence-electron chi connectivity index (χ1n) is 12.5. The maximum atomic E-state index is 13.7. The summed E-state index contributed by atoms with van der Waals surface area (Å²) in [5.74, 6) is 1.00. The Labute approximate surface area is 214 Å². The zero-order chi connectivity index (χ0) is 25.9. The number of hydrogen-bond acceptors (Lipinski definition) is 6. The molecule has 196 valence electrons. The molecule has 8 heteroatoms. The van der Waals surface area contributed by atoms with Crippen LogP contribution in [0.3, 0.4) is 0 Å². The van der Waals surface area contributed by atoms with Gasteiger partial charge in [0.05, 0.1) is 19.8 Å². The van der Waals surface area contributed by atoms with Crippen molar-refractivity contribution in [3.8, 4) is 11.5 Å². The molecular weight excluding hydrogens is 460 g/mol. The van der Waals surface area contributed by atoms with Gasteiger partial charge in [0.2, 0.25) is 0 Å². The monoisotopic (exact) mass is 498 g/mol. The molecule has 2 amide bonds. The van der Waals surface area contributed by atoms with Gasteiger partial charge < -0.3 is 28.7 Å². The average molecular weight is 499 g/mol. The van der Waals surface area contributed by atoms with Crippen molar-refractivity contribution in [2.75, 3.05) is 40.5 Å². The van der Waals surface area contributed by atoms with Gasteiger partial charge in [0, 0.05) is 44.8 Å². The Kier molecular flexibility index (Phi) is 10.4. The molecule has 1 fully saturated rings. The summed E-state index contributed by atoms with van der Waals surface area (Å²) >= 11 is 0. The molecule has 0 saturated carbocycles. The van der Waals surface area contributed by atoms with E-state index in [1.165, 1.54) is 0 Å². The van der Waals surface area contributed by atoms with E-state index in [9.17, 15) is 9.59 Å². The predicted octanol–water partition coefficient (Wildman–Crippen LogP) is 4.76. The summed E-state index contributed by atoms with van der Waals surface area (Å²) in [4.78, 5) is 30.0. The van der Waals surface area contributed by atoms with E-state index in [1.54, 1.807) is 37.3 Å². The third kappa shape index (κ3) is 7.37. The van der Waals surface area contributed by atoms with Crippen LogP contribution >= 0.6 is 0 Å². The molecule has 1 heterocycles. The summed E-state index contributed by atoms with van der Waals surface area (Å²) in [6.45, 7) is 6.33. The quantitative estimate of drug-likeness (QED) is 0.416. The number of rotatable bonds is 11. The van der Waals surface area contributed by atoms with Crippen LogP contribution in [0, 0.1) is 0 Å². The zero-order valence-corrected chi connectivity index (χ0v) is 21.8. The normalized spacial score (nSPS) is 15.5. The molecule has 0 radical (unpaired) electrons. The van der Waals surface area contributed by atoms with Gasteiger partial charge in [-0.2, -0.15) is 0 Å². The van der Waals surface area contributed by atoms with Crippen LogP contribution in [0.25, 0.3) is 0 Å². The van der Waals surface area contributed by atoms with Crippen molar-refractivity contribution in [2.45, 2.75) is 51.8 Å². The first-order chi connectivity index (χ1) is 17.4. The van der Waals surface area contributed by atoms with E-state index < -0.39 is 0 Å². The van der Waals surface area contributed by atoms with Crippen LogP contribution in [-0.2, 0) is 16.1 Å². The number of benzene rings is 2. The maximum absolute atomic E-state index is 13.7. The minimum atomic E-state index is -0.351. The van der Waals surface area contributed by atoms with Crippen molar-refractivity contribution in [1.29, 1.82) is 0 Å². The molecule has 0 unspecified atom stereocenters. The second-order valence-corrected chi connectivity index (χ2v) is 9.15. The van der Waals surface area contributed by atoms with Gasteiger partial charge in [0.15, 0.2) is 11.5 Å². The number of carbonyl (C=O) groups excluding carboxylic acids is 2. The van der Waals surface area contributed by atoms with Gasteiger partial charge in [0.1, 0.15) is 6.61 Å². The van der Waals surface area contributed by atoms with Gasteiger partial charge in [-0.05, 0) is 50.5 Å². The Morgan fingerprint density at radius 2 is 1.83 bits per heavy atom. The Hall–Kier alpha value is -3.26. The number of piperidine rings is 1. The van der Waals surface area contributed by atoms with Gasteiger partial charge in [0.25, 0.3) is 5.91 Å². The molecule has 2 aromatic carbocycles. The van der Waals surface area contributed by atoms with Crippen molar-refractivity contribution in [3.05, 3.63) is 59.7 Å². The number of ether oxygens (including phenoxy) is 4. The summed E-state index contributed by atoms with van der Waals surface area (Å²) < 4.78 is 21.9. The fourth-order valence-electron chi connectivity index (χ4n) is 4.44. The number of amides is 2. The standard InChI is InChI=1S/C28H38N2O6/c1-21(2)30(27(31)23-13-14-25(34-4)26(18-23)35-17-9-16-33-3)24-12-8-15-29(19-24)28(32)36-20-22-10-6-5-7-11-22/h5-7,10-11,13-14,18,21,24H,8-9,12,15-17,19-20H2,1-4H3/t24-/m1/s1. The lowest BCUT2D eigenvalue weighted by atomic mass is 10.0. The topological polar surface area (TPSA) is 77.5 Å². The van der Waals surface area contributed by atoms with E-state index in [1.807, 2.05) is 49.1 Å². The van der Waals surface area contributed by atoms with Crippen molar-refractivity contribution in [1.82, 2.24) is 9.80 Å². The first-order valence-corrected chi connectivity index (χ1v) is 12.5. The van der Waals surface area contributed by atoms with E-state index in [0.717, 1.165) is 24.8 Å². The van der Waals surface area contributed by atoms with Gasteiger partial charge in [-0.1, -0.05) is 30.3 Å². The summed E-state index contributed by atoms with van der Waals surface area (Å²) in [5.41, 5.74) is 1.47. The van der Waals surface area contributed by atoms with E-state index in [2.05, 4.69) is 0 Å². The number of methoxy groups -OCH3 is 2. The second kappa shape index (κ2) is 13.7. The summed E-state index contributed by atoms with van der Waals surface area (Å²) in [7, 11) is 3.22. The molecule has 8 nitrogen and oxygen atoms in total. The first kappa shape index (κ1) is 27.3. The van der Waals surface area contributed by atoms with Crippen molar-refractivity contribution < 1.29 is 28.5 Å². The van der Waals surface area contributed by atoms with E-state index >= 15 is 0 Å². The molecule has 0 bridgehead atoms. The second-order valence-electron chi connectivity index (χ2n) is 9.15. The summed E-state index contributed by atoms with van der Waals surface area (Å²) in [6, 6.07) is 14.7. The van der Waals surface area contributed by atoms with Crippen LogP contribution in [0.2, 0.25) is 0 Å². The highest BCUT2D eigenvalue weighted by Gasteiger charge is 2.33. The average Bonchev–Trinajstić information content (AvgIpc) is 2.90. The van der Waals surface area contributed by atoms with Gasteiger partial charge in [-0.25, -0.2) is 4.79 Å². The fraction of sp³-hybridized carbons (Fsp3) is 0.500. The van der Waals surface area contributed by atoms with Gasteiger partial charge in [-0.3, -0.25) is 4.79 Å². The molecule has 36 heavy (non-hydrogen) atoms. The van der Waals surface area contributed by atoms with E-state index in [0.29, 0.717) is 43.4 Å². The van der Waals surface area contributed by atoms with Crippen molar-refractivity contribution >= 4 is 12.0 Å². The molecule has 0 spiro atoms. The smallest absolute Gasteiger partial charge is 0.410 e. The predicted molar refractivity (Wildman–Crippen MR) is 138 cm³/mol. The zero-order valence-electron chi connectivity index (χ0n) is 21.8. The Morgan fingerprint density at radius 1 is 1.06 bits per heavy atom. The van der Waals surface area contributed by atoms with Crippen LogP contribution in [-0.4, -0.2) is 74.4 Å². The van der Waals surface area contributed by atoms with Gasteiger partial charge >= 0.3 is 6.09 Å². The number of likely N-dealkylation sites (tertiary alicyclic amines) is 1. The lowest BCUT2D eigenvalue weighted by molar-refractivity contribution is 0.0384. The maximum Gasteiger partial charge on any atom is 0.410 e. The van der Waals surface area contributed by atoms with Gasteiger partial charge in [-0.15, -0.1) is 0 Å². The molecule has 2 aromatic rings. The summed E-state index contributed by atoms with van der Waals surface area (Å²) in [6.07, 6.45) is 2.01. The highest BCUT2D eigenvalue weighted by Crippen LogP contribution is 2.30. The molecule has 0 aliphatic carbocycles. The SMILES string of the molecule is COCCCOc1cc(C(=O)N(C(C)C)[C@@H]2CCCN(C(=O)OCc3ccccc3)C2)ccc1OC. The van der Waals surface area contributed by atoms with E-state index in [4.69, 9.17) is 18.9 Å². The Morgan fingerprint density at radius 3 is 2.53 bits per heavy atom. The minimum Gasteiger partial charge on any atom is -0.493 e. The molecule has 0 aromatic heterocycles. The molecule has 1 atom stereocenters. The molecule has 3 rings (SSSR count). The van der Waals surface area contributed by atoms with E-state index in [-0.39, 0.29) is 30.7 Å². The number of carbonyl (C=O) groups is 2.